The highest BCUT2D eigenvalue weighted by molar-refractivity contribution is 6.31. The van der Waals surface area contributed by atoms with E-state index in [2.05, 4.69) is 16.8 Å². The van der Waals surface area contributed by atoms with Crippen molar-refractivity contribution in [3.05, 3.63) is 65.2 Å². The van der Waals surface area contributed by atoms with Gasteiger partial charge in [0.2, 0.25) is 5.91 Å². The average Bonchev–Trinajstić information content (AvgIpc) is 2.94. The van der Waals surface area contributed by atoms with E-state index in [9.17, 15) is 9.59 Å². The van der Waals surface area contributed by atoms with Gasteiger partial charge in [0.1, 0.15) is 6.54 Å². The molecule has 1 N–H and O–H groups in total. The van der Waals surface area contributed by atoms with Gasteiger partial charge in [0, 0.05) is 34.9 Å². The second-order valence-electron chi connectivity index (χ2n) is 7.14. The van der Waals surface area contributed by atoms with E-state index in [4.69, 9.17) is 11.6 Å². The van der Waals surface area contributed by atoms with Gasteiger partial charge in [-0.15, -0.1) is 0 Å². The van der Waals surface area contributed by atoms with Crippen molar-refractivity contribution < 1.29 is 9.59 Å². The monoisotopic (exact) mass is 395 g/mol. The number of carbonyl (C=O) groups is 2. The molecule has 2 aliphatic heterocycles. The van der Waals surface area contributed by atoms with Crippen LogP contribution in [0.5, 0.6) is 0 Å². The van der Waals surface area contributed by atoms with Crippen LogP contribution >= 0.6 is 11.6 Å². The molecule has 2 amide bonds. The Kier molecular flexibility index (Phi) is 5.09. The molecule has 2 aliphatic rings. The third-order valence-electron chi connectivity index (χ3n) is 5.27. The van der Waals surface area contributed by atoms with Crippen LogP contribution in [0.3, 0.4) is 0 Å². The van der Waals surface area contributed by atoms with Crippen molar-refractivity contribution in [1.82, 2.24) is 4.90 Å². The topological polar surface area (TPSA) is 52.7 Å². The quantitative estimate of drug-likeness (QED) is 0.835. The Balaban J connectivity index is 1.51. The number of hydrogen-bond donors (Lipinski definition) is 1. The van der Waals surface area contributed by atoms with Gasteiger partial charge in [-0.2, -0.15) is 0 Å². The first kappa shape index (κ1) is 18.6. The summed E-state index contributed by atoms with van der Waals surface area (Å²) >= 11 is 6.17. The molecular formula is C22H22ClN3O2. The van der Waals surface area contributed by atoms with Crippen LogP contribution in [0.1, 0.15) is 35.2 Å². The van der Waals surface area contributed by atoms with Crippen molar-refractivity contribution in [2.24, 2.45) is 0 Å². The number of amides is 2. The van der Waals surface area contributed by atoms with Crippen LogP contribution in [0.4, 0.5) is 11.4 Å². The highest BCUT2D eigenvalue weighted by Gasteiger charge is 2.32. The molecule has 0 bridgehead atoms. The van der Waals surface area contributed by atoms with Crippen molar-refractivity contribution in [3.63, 3.8) is 0 Å². The summed E-state index contributed by atoms with van der Waals surface area (Å²) < 4.78 is 0. The lowest BCUT2D eigenvalue weighted by molar-refractivity contribution is -0.116. The number of nitrogens with zero attached hydrogens (tertiary/aromatic N) is 2. The minimum Gasteiger partial charge on any atom is -0.370 e. The van der Waals surface area contributed by atoms with E-state index in [1.807, 2.05) is 30.3 Å². The van der Waals surface area contributed by atoms with Gasteiger partial charge < -0.3 is 10.2 Å². The summed E-state index contributed by atoms with van der Waals surface area (Å²) in [6.45, 7) is 5.82. The van der Waals surface area contributed by atoms with Crippen molar-refractivity contribution in [2.75, 3.05) is 29.9 Å². The third kappa shape index (κ3) is 3.50. The summed E-state index contributed by atoms with van der Waals surface area (Å²) in [5.41, 5.74) is 3.55. The van der Waals surface area contributed by atoms with Crippen molar-refractivity contribution in [1.29, 1.82) is 0 Å². The van der Waals surface area contributed by atoms with Gasteiger partial charge >= 0.3 is 0 Å². The number of piperidine rings is 1. The minimum atomic E-state index is -0.275. The van der Waals surface area contributed by atoms with Gasteiger partial charge in [-0.05, 0) is 43.5 Å². The van der Waals surface area contributed by atoms with E-state index < -0.39 is 0 Å². The molecule has 6 heteroatoms. The molecule has 0 aromatic heterocycles. The molecule has 2 aromatic carbocycles. The maximum absolute atomic E-state index is 12.7. The highest BCUT2D eigenvalue weighted by atomic mass is 35.5. The number of anilines is 2. The van der Waals surface area contributed by atoms with Crippen molar-refractivity contribution in [3.8, 4) is 0 Å². The lowest BCUT2D eigenvalue weighted by Crippen LogP contribution is -2.34. The second kappa shape index (κ2) is 7.68. The fourth-order valence-electron chi connectivity index (χ4n) is 3.85. The number of hydrogen-bond acceptors (Lipinski definition) is 3. The standard InChI is InChI=1S/C22H22ClN3O2/c1-15-17-7-3-4-8-18(17)22(28)26(15)14-21(27)24-19-13-16(23)9-10-20(19)25-11-5-2-6-12-25/h3-4,7-10,13H,1-2,5-6,11-12,14H2,(H,24,27). The Bertz CT molecular complexity index is 916. The zero-order chi connectivity index (χ0) is 19.7. The molecular weight excluding hydrogens is 374 g/mol. The molecule has 0 aliphatic carbocycles. The first-order chi connectivity index (χ1) is 13.5. The summed E-state index contributed by atoms with van der Waals surface area (Å²) in [5, 5.41) is 3.50. The molecule has 0 saturated carbocycles. The molecule has 144 valence electrons. The Labute approximate surface area is 169 Å². The molecule has 0 unspecified atom stereocenters. The van der Waals surface area contributed by atoms with Crippen LogP contribution in [-0.2, 0) is 4.79 Å². The maximum atomic E-state index is 12.7. The van der Waals surface area contributed by atoms with Crippen LogP contribution in [0, 0.1) is 0 Å². The van der Waals surface area contributed by atoms with Gasteiger partial charge in [-0.1, -0.05) is 36.4 Å². The first-order valence-corrected chi connectivity index (χ1v) is 9.87. The summed E-state index contributed by atoms with van der Waals surface area (Å²) in [5.74, 6) is -0.471. The molecule has 4 rings (SSSR count). The summed E-state index contributed by atoms with van der Waals surface area (Å²) in [7, 11) is 0. The largest absolute Gasteiger partial charge is 0.370 e. The predicted molar refractivity (Wildman–Crippen MR) is 113 cm³/mol. The summed E-state index contributed by atoms with van der Waals surface area (Å²) in [6.07, 6.45) is 3.50. The molecule has 1 fully saturated rings. The predicted octanol–water partition coefficient (Wildman–Crippen LogP) is 4.40. The van der Waals surface area contributed by atoms with E-state index in [-0.39, 0.29) is 18.4 Å². The van der Waals surface area contributed by atoms with Gasteiger partial charge in [-0.25, -0.2) is 0 Å². The Morgan fingerprint density at radius 2 is 1.79 bits per heavy atom. The number of nitrogens with one attached hydrogen (secondary N) is 1. The van der Waals surface area contributed by atoms with Crippen molar-refractivity contribution >= 4 is 40.5 Å². The van der Waals surface area contributed by atoms with E-state index >= 15 is 0 Å². The third-order valence-corrected chi connectivity index (χ3v) is 5.51. The van der Waals surface area contributed by atoms with Crippen LogP contribution in [0.15, 0.2) is 49.0 Å². The number of halogens is 1. The van der Waals surface area contributed by atoms with Crippen LogP contribution < -0.4 is 10.2 Å². The van der Waals surface area contributed by atoms with Crippen molar-refractivity contribution in [2.45, 2.75) is 19.3 Å². The summed E-state index contributed by atoms with van der Waals surface area (Å²) in [4.78, 5) is 29.1. The second-order valence-corrected chi connectivity index (χ2v) is 7.58. The zero-order valence-corrected chi connectivity index (χ0v) is 16.3. The van der Waals surface area contributed by atoms with E-state index in [0.717, 1.165) is 37.2 Å². The zero-order valence-electron chi connectivity index (χ0n) is 15.6. The van der Waals surface area contributed by atoms with Gasteiger partial charge in [0.15, 0.2) is 0 Å². The first-order valence-electron chi connectivity index (χ1n) is 9.49. The van der Waals surface area contributed by atoms with Crippen LogP contribution in [0.2, 0.25) is 5.02 Å². The normalized spacial score (nSPS) is 16.3. The summed E-state index contributed by atoms with van der Waals surface area (Å²) in [6, 6.07) is 12.8. The molecule has 0 atom stereocenters. The molecule has 2 aromatic rings. The molecule has 2 heterocycles. The van der Waals surface area contributed by atoms with E-state index in [1.54, 1.807) is 12.1 Å². The van der Waals surface area contributed by atoms with Gasteiger partial charge in [0.05, 0.1) is 11.4 Å². The van der Waals surface area contributed by atoms with Crippen LogP contribution in [0.25, 0.3) is 5.70 Å². The lowest BCUT2D eigenvalue weighted by atomic mass is 10.1. The Hall–Kier alpha value is -2.79. The Morgan fingerprint density at radius 1 is 1.07 bits per heavy atom. The van der Waals surface area contributed by atoms with E-state index in [0.29, 0.717) is 22.0 Å². The fraction of sp³-hybridized carbons (Fsp3) is 0.273. The SMILES string of the molecule is C=C1c2ccccc2C(=O)N1CC(=O)Nc1cc(Cl)ccc1N1CCCCC1. The number of benzene rings is 2. The molecule has 5 nitrogen and oxygen atoms in total. The highest BCUT2D eigenvalue weighted by Crippen LogP contribution is 2.33. The fourth-order valence-corrected chi connectivity index (χ4v) is 4.03. The molecule has 0 spiro atoms. The number of carbonyl (C=O) groups excluding carboxylic acids is 2. The minimum absolute atomic E-state index is 0.0850. The average molecular weight is 396 g/mol. The van der Waals surface area contributed by atoms with Gasteiger partial charge in [-0.3, -0.25) is 14.5 Å². The van der Waals surface area contributed by atoms with Gasteiger partial charge in [0.25, 0.3) is 5.91 Å². The number of rotatable bonds is 4. The molecule has 1 saturated heterocycles. The smallest absolute Gasteiger partial charge is 0.259 e. The molecule has 28 heavy (non-hydrogen) atoms. The Morgan fingerprint density at radius 3 is 2.50 bits per heavy atom. The van der Waals surface area contributed by atoms with E-state index in [1.165, 1.54) is 11.3 Å². The maximum Gasteiger partial charge on any atom is 0.259 e. The lowest BCUT2D eigenvalue weighted by Gasteiger charge is -2.30. The van der Waals surface area contributed by atoms with Crippen LogP contribution in [-0.4, -0.2) is 36.3 Å². The molecule has 0 radical (unpaired) electrons. The number of fused-ring (bicyclic) bond motifs is 1.